The van der Waals surface area contributed by atoms with Gasteiger partial charge in [-0.3, -0.25) is 11.3 Å². The monoisotopic (exact) mass is 186 g/mol. The summed E-state index contributed by atoms with van der Waals surface area (Å²) in [4.78, 5) is 0. The van der Waals surface area contributed by atoms with Gasteiger partial charge in [-0.2, -0.15) is 0 Å². The zero-order chi connectivity index (χ0) is 9.84. The molecule has 72 valence electrons. The maximum absolute atomic E-state index is 12.8. The van der Waals surface area contributed by atoms with Gasteiger partial charge in [-0.05, 0) is 24.1 Å². The molecule has 1 rings (SSSR count). The lowest BCUT2D eigenvalue weighted by atomic mass is 10.1. The van der Waals surface area contributed by atoms with Crippen molar-refractivity contribution in [2.75, 3.05) is 0 Å². The van der Waals surface area contributed by atoms with Crippen LogP contribution >= 0.6 is 0 Å². The van der Waals surface area contributed by atoms with Crippen LogP contribution in [0, 0.1) is 11.6 Å². The molecule has 0 aromatic heterocycles. The zero-order valence-corrected chi connectivity index (χ0v) is 7.35. The lowest BCUT2D eigenvalue weighted by Gasteiger charge is -2.13. The number of nitrogens with one attached hydrogen (secondary N) is 1. The van der Waals surface area contributed by atoms with Gasteiger partial charge < -0.3 is 0 Å². The summed E-state index contributed by atoms with van der Waals surface area (Å²) >= 11 is 0. The molecule has 0 aliphatic rings. The molecule has 0 aliphatic carbocycles. The van der Waals surface area contributed by atoms with Crippen molar-refractivity contribution >= 4 is 0 Å². The third-order valence-electron chi connectivity index (χ3n) is 1.96. The maximum Gasteiger partial charge on any atom is 0.159 e. The molecule has 13 heavy (non-hydrogen) atoms. The highest BCUT2D eigenvalue weighted by atomic mass is 19.2. The Bertz CT molecular complexity index is 285. The van der Waals surface area contributed by atoms with Gasteiger partial charge in [-0.15, -0.1) is 0 Å². The van der Waals surface area contributed by atoms with E-state index in [4.69, 9.17) is 5.84 Å². The Morgan fingerprint density at radius 1 is 1.38 bits per heavy atom. The third-order valence-corrected chi connectivity index (χ3v) is 1.96. The minimum absolute atomic E-state index is 0.130. The van der Waals surface area contributed by atoms with Gasteiger partial charge in [0.15, 0.2) is 11.6 Å². The molecule has 1 atom stereocenters. The summed E-state index contributed by atoms with van der Waals surface area (Å²) in [7, 11) is 0. The molecule has 1 unspecified atom stereocenters. The van der Waals surface area contributed by atoms with E-state index in [9.17, 15) is 8.78 Å². The molecule has 0 bridgehead atoms. The first kappa shape index (κ1) is 10.1. The minimum atomic E-state index is -0.841. The van der Waals surface area contributed by atoms with E-state index in [-0.39, 0.29) is 6.04 Å². The van der Waals surface area contributed by atoms with Crippen LogP contribution in [-0.2, 0) is 0 Å². The van der Waals surface area contributed by atoms with Gasteiger partial charge in [0.1, 0.15) is 0 Å². The number of hydrazine groups is 1. The van der Waals surface area contributed by atoms with Gasteiger partial charge in [0.05, 0.1) is 0 Å². The summed E-state index contributed by atoms with van der Waals surface area (Å²) in [5.74, 6) is 3.56. The first-order valence-electron chi connectivity index (χ1n) is 4.10. The van der Waals surface area contributed by atoms with Crippen LogP contribution in [0.3, 0.4) is 0 Å². The van der Waals surface area contributed by atoms with Crippen molar-refractivity contribution in [1.82, 2.24) is 5.43 Å². The van der Waals surface area contributed by atoms with E-state index in [1.807, 2.05) is 6.92 Å². The van der Waals surface area contributed by atoms with Crippen molar-refractivity contribution in [2.24, 2.45) is 5.84 Å². The number of hydrogen-bond donors (Lipinski definition) is 2. The zero-order valence-electron chi connectivity index (χ0n) is 7.35. The normalized spacial score (nSPS) is 12.9. The molecule has 0 saturated carbocycles. The van der Waals surface area contributed by atoms with Crippen molar-refractivity contribution in [3.63, 3.8) is 0 Å². The van der Waals surface area contributed by atoms with Crippen LogP contribution in [0.4, 0.5) is 8.78 Å². The van der Waals surface area contributed by atoms with Crippen LogP contribution in [0.2, 0.25) is 0 Å². The number of halogens is 2. The second kappa shape index (κ2) is 4.30. The van der Waals surface area contributed by atoms with Gasteiger partial charge in [0.2, 0.25) is 0 Å². The van der Waals surface area contributed by atoms with E-state index >= 15 is 0 Å². The standard InChI is InChI=1S/C9H12F2N2/c1-2-9(13-12)6-3-4-7(10)8(11)5-6/h3-5,9,13H,2,12H2,1H3. The fourth-order valence-corrected chi connectivity index (χ4v) is 1.18. The van der Waals surface area contributed by atoms with Crippen LogP contribution in [0.5, 0.6) is 0 Å². The first-order valence-corrected chi connectivity index (χ1v) is 4.10. The van der Waals surface area contributed by atoms with Gasteiger partial charge in [0.25, 0.3) is 0 Å². The smallest absolute Gasteiger partial charge is 0.159 e. The Hall–Kier alpha value is -1.00. The van der Waals surface area contributed by atoms with E-state index in [1.54, 1.807) is 0 Å². The third kappa shape index (κ3) is 2.23. The van der Waals surface area contributed by atoms with E-state index in [2.05, 4.69) is 5.43 Å². The molecule has 1 aromatic carbocycles. The van der Waals surface area contributed by atoms with Crippen LogP contribution in [0.15, 0.2) is 18.2 Å². The van der Waals surface area contributed by atoms with Crippen LogP contribution in [0.1, 0.15) is 24.9 Å². The highest BCUT2D eigenvalue weighted by Gasteiger charge is 2.09. The van der Waals surface area contributed by atoms with E-state index in [1.165, 1.54) is 6.07 Å². The topological polar surface area (TPSA) is 38.0 Å². The lowest BCUT2D eigenvalue weighted by molar-refractivity contribution is 0.494. The summed E-state index contributed by atoms with van der Waals surface area (Å²) in [5.41, 5.74) is 3.18. The number of nitrogens with two attached hydrogens (primary N) is 1. The summed E-state index contributed by atoms with van der Waals surface area (Å²) in [6.45, 7) is 1.91. The fourth-order valence-electron chi connectivity index (χ4n) is 1.18. The molecule has 0 fully saturated rings. The number of rotatable bonds is 3. The van der Waals surface area contributed by atoms with Crippen molar-refractivity contribution in [2.45, 2.75) is 19.4 Å². The summed E-state index contributed by atoms with van der Waals surface area (Å²) in [6, 6.07) is 3.65. The van der Waals surface area contributed by atoms with Crippen molar-refractivity contribution in [3.8, 4) is 0 Å². The van der Waals surface area contributed by atoms with Gasteiger partial charge in [-0.1, -0.05) is 13.0 Å². The Morgan fingerprint density at radius 2 is 2.08 bits per heavy atom. The molecule has 0 spiro atoms. The molecule has 0 heterocycles. The number of benzene rings is 1. The lowest BCUT2D eigenvalue weighted by Crippen LogP contribution is -2.27. The Balaban J connectivity index is 2.95. The van der Waals surface area contributed by atoms with E-state index in [0.29, 0.717) is 5.56 Å². The fraction of sp³-hybridized carbons (Fsp3) is 0.333. The predicted octanol–water partition coefficient (Wildman–Crippen LogP) is 1.88. The average molecular weight is 186 g/mol. The molecule has 3 N–H and O–H groups in total. The highest BCUT2D eigenvalue weighted by molar-refractivity contribution is 5.20. The summed E-state index contributed by atoms with van der Waals surface area (Å²) < 4.78 is 25.3. The van der Waals surface area contributed by atoms with Gasteiger partial charge in [-0.25, -0.2) is 8.78 Å². The summed E-state index contributed by atoms with van der Waals surface area (Å²) in [6.07, 6.45) is 0.724. The molecule has 0 saturated heterocycles. The first-order chi connectivity index (χ1) is 6.19. The Morgan fingerprint density at radius 3 is 2.54 bits per heavy atom. The molecule has 2 nitrogen and oxygen atoms in total. The van der Waals surface area contributed by atoms with Gasteiger partial charge in [0, 0.05) is 6.04 Å². The maximum atomic E-state index is 12.8. The second-order valence-corrected chi connectivity index (χ2v) is 2.80. The molecule has 0 radical (unpaired) electrons. The SMILES string of the molecule is CCC(NN)c1ccc(F)c(F)c1. The number of hydrogen-bond acceptors (Lipinski definition) is 2. The summed E-state index contributed by atoms with van der Waals surface area (Å²) in [5, 5.41) is 0. The van der Waals surface area contributed by atoms with E-state index in [0.717, 1.165) is 18.6 Å². The van der Waals surface area contributed by atoms with Crippen molar-refractivity contribution < 1.29 is 8.78 Å². The second-order valence-electron chi connectivity index (χ2n) is 2.80. The van der Waals surface area contributed by atoms with Crippen LogP contribution in [-0.4, -0.2) is 0 Å². The highest BCUT2D eigenvalue weighted by Crippen LogP contribution is 2.17. The quantitative estimate of drug-likeness (QED) is 0.558. The Kier molecular flexibility index (Phi) is 3.33. The van der Waals surface area contributed by atoms with E-state index < -0.39 is 11.6 Å². The van der Waals surface area contributed by atoms with Crippen LogP contribution < -0.4 is 11.3 Å². The van der Waals surface area contributed by atoms with Gasteiger partial charge >= 0.3 is 0 Å². The van der Waals surface area contributed by atoms with Crippen molar-refractivity contribution in [1.29, 1.82) is 0 Å². The largest absolute Gasteiger partial charge is 0.271 e. The molecule has 0 aliphatic heterocycles. The Labute approximate surface area is 75.7 Å². The molecule has 4 heteroatoms. The minimum Gasteiger partial charge on any atom is -0.271 e. The van der Waals surface area contributed by atoms with Crippen molar-refractivity contribution in [3.05, 3.63) is 35.4 Å². The predicted molar refractivity (Wildman–Crippen MR) is 46.7 cm³/mol. The molecular weight excluding hydrogens is 174 g/mol. The molecule has 0 amide bonds. The molecule has 1 aromatic rings. The van der Waals surface area contributed by atoms with Crippen LogP contribution in [0.25, 0.3) is 0 Å². The average Bonchev–Trinajstić information content (AvgIpc) is 2.13. The molecular formula is C9H12F2N2.